The number of hydrogen-bond donors (Lipinski definition) is 1. The summed E-state index contributed by atoms with van der Waals surface area (Å²) in [5.41, 5.74) is -0.249. The monoisotopic (exact) mass is 285 g/mol. The van der Waals surface area contributed by atoms with E-state index in [1.54, 1.807) is 0 Å². The molecule has 2 heterocycles. The van der Waals surface area contributed by atoms with Crippen molar-refractivity contribution >= 4 is 23.5 Å². The third-order valence-electron chi connectivity index (χ3n) is 3.62. The zero-order chi connectivity index (χ0) is 14.2. The number of rotatable bonds is 2. The molecule has 2 rings (SSSR count). The molecule has 1 amide bonds. The van der Waals surface area contributed by atoms with Crippen molar-refractivity contribution in [1.29, 1.82) is 0 Å². The number of halogens is 1. The van der Waals surface area contributed by atoms with Crippen LogP contribution in [0.25, 0.3) is 0 Å². The molecule has 0 spiro atoms. The van der Waals surface area contributed by atoms with Crippen molar-refractivity contribution in [1.82, 2.24) is 4.90 Å². The molecule has 0 bridgehead atoms. The highest BCUT2D eigenvalue weighted by Gasteiger charge is 2.45. The van der Waals surface area contributed by atoms with E-state index in [9.17, 15) is 14.7 Å². The number of piperidine rings is 1. The van der Waals surface area contributed by atoms with Gasteiger partial charge in [0.25, 0.3) is 5.91 Å². The topological polar surface area (TPSA) is 70.8 Å². The molecule has 19 heavy (non-hydrogen) atoms. The fourth-order valence-electron chi connectivity index (χ4n) is 2.68. The lowest BCUT2D eigenvalue weighted by molar-refractivity contribution is -0.148. The van der Waals surface area contributed by atoms with E-state index < -0.39 is 17.4 Å². The van der Waals surface area contributed by atoms with Crippen LogP contribution in [-0.2, 0) is 4.79 Å². The standard InChI is InChI=1S/C13H16ClNO4/c1-13(2)5-3-6-15(9(13)12(17)18)11(16)8-4-7-19-10(8)14/h4,7,9H,3,5-6H2,1-2H3,(H,17,18). The summed E-state index contributed by atoms with van der Waals surface area (Å²) in [6.45, 7) is 4.14. The number of carboxylic acids is 1. The lowest BCUT2D eigenvalue weighted by atomic mass is 9.76. The van der Waals surface area contributed by atoms with Gasteiger partial charge in [0.05, 0.1) is 11.8 Å². The molecule has 1 atom stereocenters. The van der Waals surface area contributed by atoms with E-state index in [1.165, 1.54) is 17.2 Å². The Hall–Kier alpha value is -1.49. The molecule has 1 unspecified atom stereocenters. The van der Waals surface area contributed by atoms with Crippen molar-refractivity contribution in [2.24, 2.45) is 5.41 Å². The third kappa shape index (κ3) is 2.47. The van der Waals surface area contributed by atoms with Gasteiger partial charge in [0, 0.05) is 6.54 Å². The summed E-state index contributed by atoms with van der Waals surface area (Å²) in [6, 6.07) is 0.616. The quantitative estimate of drug-likeness (QED) is 0.907. The molecule has 0 aromatic carbocycles. The normalized spacial score (nSPS) is 22.3. The summed E-state index contributed by atoms with van der Waals surface area (Å²) < 4.78 is 4.89. The van der Waals surface area contributed by atoms with Crippen LogP contribution < -0.4 is 0 Å². The van der Waals surface area contributed by atoms with Crippen LogP contribution in [0.1, 0.15) is 37.0 Å². The smallest absolute Gasteiger partial charge is 0.326 e. The lowest BCUT2D eigenvalue weighted by Gasteiger charge is -2.43. The number of likely N-dealkylation sites (tertiary alicyclic amines) is 1. The number of carbonyl (C=O) groups excluding carboxylic acids is 1. The van der Waals surface area contributed by atoms with Crippen LogP contribution >= 0.6 is 11.6 Å². The second-order valence-electron chi connectivity index (χ2n) is 5.44. The van der Waals surface area contributed by atoms with Gasteiger partial charge in [0.1, 0.15) is 6.04 Å². The molecule has 1 aliphatic heterocycles. The molecule has 1 saturated heterocycles. The van der Waals surface area contributed by atoms with Crippen molar-refractivity contribution < 1.29 is 19.1 Å². The van der Waals surface area contributed by atoms with Crippen LogP contribution in [0.2, 0.25) is 5.22 Å². The van der Waals surface area contributed by atoms with Crippen LogP contribution in [0, 0.1) is 5.41 Å². The molecule has 5 nitrogen and oxygen atoms in total. The largest absolute Gasteiger partial charge is 0.480 e. The lowest BCUT2D eigenvalue weighted by Crippen LogP contribution is -2.56. The average molecular weight is 286 g/mol. The Morgan fingerprint density at radius 3 is 2.74 bits per heavy atom. The molecule has 1 N–H and O–H groups in total. The van der Waals surface area contributed by atoms with Crippen LogP contribution in [0.5, 0.6) is 0 Å². The maximum atomic E-state index is 12.4. The maximum absolute atomic E-state index is 12.4. The summed E-state index contributed by atoms with van der Waals surface area (Å²) in [6.07, 6.45) is 2.87. The second-order valence-corrected chi connectivity index (χ2v) is 5.78. The molecule has 0 saturated carbocycles. The van der Waals surface area contributed by atoms with E-state index in [0.717, 1.165) is 12.8 Å². The first kappa shape index (κ1) is 13.9. The number of hydrogen-bond acceptors (Lipinski definition) is 3. The van der Waals surface area contributed by atoms with E-state index in [4.69, 9.17) is 16.0 Å². The minimum absolute atomic E-state index is 0.00230. The predicted molar refractivity (Wildman–Crippen MR) is 69.2 cm³/mol. The number of furan rings is 1. The molecule has 1 fully saturated rings. The Bertz CT molecular complexity index is 508. The molecular formula is C13H16ClNO4. The molecule has 1 aliphatic rings. The molecule has 1 aromatic heterocycles. The minimum Gasteiger partial charge on any atom is -0.480 e. The summed E-state index contributed by atoms with van der Waals surface area (Å²) in [5.74, 6) is -1.38. The van der Waals surface area contributed by atoms with E-state index in [-0.39, 0.29) is 16.7 Å². The fourth-order valence-corrected chi connectivity index (χ4v) is 2.88. The number of nitrogens with zero attached hydrogens (tertiary/aromatic N) is 1. The van der Waals surface area contributed by atoms with Gasteiger partial charge in [-0.2, -0.15) is 0 Å². The van der Waals surface area contributed by atoms with E-state index in [2.05, 4.69) is 0 Å². The SMILES string of the molecule is CC1(C)CCCN(C(=O)c2ccoc2Cl)C1C(=O)O. The van der Waals surface area contributed by atoms with Gasteiger partial charge in [-0.1, -0.05) is 13.8 Å². The van der Waals surface area contributed by atoms with Crippen LogP contribution in [-0.4, -0.2) is 34.5 Å². The highest BCUT2D eigenvalue weighted by molar-refractivity contribution is 6.32. The first-order chi connectivity index (χ1) is 8.84. The van der Waals surface area contributed by atoms with Crippen molar-refractivity contribution in [2.45, 2.75) is 32.7 Å². The van der Waals surface area contributed by atoms with E-state index in [0.29, 0.717) is 6.54 Å². The third-order valence-corrected chi connectivity index (χ3v) is 3.91. The highest BCUT2D eigenvalue weighted by atomic mass is 35.5. The van der Waals surface area contributed by atoms with Gasteiger partial charge < -0.3 is 14.4 Å². The Labute approximate surface area is 116 Å². The fraction of sp³-hybridized carbons (Fsp3) is 0.538. The average Bonchev–Trinajstić information content (AvgIpc) is 2.72. The van der Waals surface area contributed by atoms with Crippen LogP contribution in [0.15, 0.2) is 16.7 Å². The Balaban J connectivity index is 2.34. The first-order valence-electron chi connectivity index (χ1n) is 6.11. The summed E-state index contributed by atoms with van der Waals surface area (Å²) in [5, 5.41) is 9.41. The highest BCUT2D eigenvalue weighted by Crippen LogP contribution is 2.36. The Morgan fingerprint density at radius 1 is 1.53 bits per heavy atom. The van der Waals surface area contributed by atoms with Crippen molar-refractivity contribution in [3.8, 4) is 0 Å². The molecule has 104 valence electrons. The van der Waals surface area contributed by atoms with Gasteiger partial charge in [0.2, 0.25) is 5.22 Å². The molecule has 0 radical (unpaired) electrons. The van der Waals surface area contributed by atoms with Crippen molar-refractivity contribution in [2.75, 3.05) is 6.54 Å². The van der Waals surface area contributed by atoms with Crippen LogP contribution in [0.3, 0.4) is 0 Å². The van der Waals surface area contributed by atoms with Gasteiger partial charge in [0.15, 0.2) is 0 Å². The van der Waals surface area contributed by atoms with Gasteiger partial charge in [-0.25, -0.2) is 4.79 Å². The molecular weight excluding hydrogens is 270 g/mol. The van der Waals surface area contributed by atoms with Gasteiger partial charge in [-0.15, -0.1) is 0 Å². The number of carboxylic acid groups (broad SMARTS) is 1. The van der Waals surface area contributed by atoms with Crippen LogP contribution in [0.4, 0.5) is 0 Å². The number of aliphatic carboxylic acids is 1. The molecule has 0 aliphatic carbocycles. The second kappa shape index (κ2) is 4.89. The Morgan fingerprint density at radius 2 is 2.21 bits per heavy atom. The minimum atomic E-state index is -0.988. The zero-order valence-corrected chi connectivity index (χ0v) is 11.6. The first-order valence-corrected chi connectivity index (χ1v) is 6.49. The maximum Gasteiger partial charge on any atom is 0.326 e. The number of carbonyl (C=O) groups is 2. The van der Waals surface area contributed by atoms with Crippen molar-refractivity contribution in [3.63, 3.8) is 0 Å². The number of amides is 1. The van der Waals surface area contributed by atoms with Gasteiger partial charge in [-0.05, 0) is 35.9 Å². The zero-order valence-electron chi connectivity index (χ0n) is 10.9. The molecule has 6 heteroatoms. The summed E-state index contributed by atoms with van der Waals surface area (Å²) >= 11 is 5.79. The summed E-state index contributed by atoms with van der Waals surface area (Å²) in [7, 11) is 0. The van der Waals surface area contributed by atoms with Gasteiger partial charge in [-0.3, -0.25) is 4.79 Å². The predicted octanol–water partition coefficient (Wildman–Crippen LogP) is 2.65. The van der Waals surface area contributed by atoms with E-state index in [1.807, 2.05) is 13.8 Å². The van der Waals surface area contributed by atoms with Crippen molar-refractivity contribution in [3.05, 3.63) is 23.1 Å². The Kier molecular flexibility index (Phi) is 3.58. The molecule has 1 aromatic rings. The van der Waals surface area contributed by atoms with Gasteiger partial charge >= 0.3 is 5.97 Å². The summed E-state index contributed by atoms with van der Waals surface area (Å²) in [4.78, 5) is 25.3. The van der Waals surface area contributed by atoms with E-state index >= 15 is 0 Å².